The minimum Gasteiger partial charge on any atom is -0.385 e. The number of rotatable bonds is 7. The van der Waals surface area contributed by atoms with Gasteiger partial charge in [-0.05, 0) is 30.7 Å². The number of hydrogen-bond acceptors (Lipinski definition) is 4. The molecule has 1 aromatic heterocycles. The Kier molecular flexibility index (Phi) is 6.39. The van der Waals surface area contributed by atoms with E-state index < -0.39 is 11.7 Å². The zero-order chi connectivity index (χ0) is 17.4. The molecule has 0 spiro atoms. The Morgan fingerprint density at radius 2 is 1.79 bits per heavy atom. The molecule has 0 atom stereocenters. The van der Waals surface area contributed by atoms with Gasteiger partial charge in [-0.2, -0.15) is 0 Å². The zero-order valence-corrected chi connectivity index (χ0v) is 13.2. The number of anilines is 1. The third-order valence-electron chi connectivity index (χ3n) is 3.15. The molecule has 0 unspecified atom stereocenters. The van der Waals surface area contributed by atoms with Crippen LogP contribution in [-0.2, 0) is 4.74 Å². The highest BCUT2D eigenvalue weighted by Crippen LogP contribution is 2.13. The maximum absolute atomic E-state index is 13.6. The van der Waals surface area contributed by atoms with Crippen LogP contribution in [0.15, 0.2) is 42.5 Å². The van der Waals surface area contributed by atoms with E-state index in [1.807, 2.05) is 0 Å². The van der Waals surface area contributed by atoms with E-state index >= 15 is 0 Å². The topological polar surface area (TPSA) is 80.3 Å². The zero-order valence-electron chi connectivity index (χ0n) is 13.2. The molecule has 1 heterocycles. The summed E-state index contributed by atoms with van der Waals surface area (Å²) in [5, 5.41) is 5.11. The van der Waals surface area contributed by atoms with Gasteiger partial charge in [0.2, 0.25) is 0 Å². The van der Waals surface area contributed by atoms with Crippen molar-refractivity contribution in [1.82, 2.24) is 10.3 Å². The number of methoxy groups -OCH3 is 1. The number of carbonyl (C=O) groups excluding carboxylic acids is 2. The molecular weight excluding hydrogens is 313 g/mol. The number of halogens is 1. The van der Waals surface area contributed by atoms with Gasteiger partial charge in [-0.1, -0.05) is 18.2 Å². The molecule has 1 aromatic carbocycles. The van der Waals surface area contributed by atoms with Crippen LogP contribution in [0, 0.1) is 5.82 Å². The maximum atomic E-state index is 13.6. The van der Waals surface area contributed by atoms with Crippen molar-refractivity contribution in [2.75, 3.05) is 25.6 Å². The van der Waals surface area contributed by atoms with Crippen LogP contribution in [0.3, 0.4) is 0 Å². The van der Waals surface area contributed by atoms with Crippen LogP contribution in [-0.4, -0.2) is 37.1 Å². The lowest BCUT2D eigenvalue weighted by molar-refractivity contribution is 0.0943. The summed E-state index contributed by atoms with van der Waals surface area (Å²) >= 11 is 0. The summed E-state index contributed by atoms with van der Waals surface area (Å²) in [5.74, 6) is -1.52. The third kappa shape index (κ3) is 4.85. The van der Waals surface area contributed by atoms with Gasteiger partial charge in [0.05, 0.1) is 5.69 Å². The van der Waals surface area contributed by atoms with E-state index in [-0.39, 0.29) is 23.0 Å². The van der Waals surface area contributed by atoms with E-state index in [0.29, 0.717) is 19.6 Å². The molecule has 2 aromatic rings. The molecule has 2 N–H and O–H groups in total. The van der Waals surface area contributed by atoms with E-state index in [1.54, 1.807) is 19.2 Å². The largest absolute Gasteiger partial charge is 0.385 e. The predicted octanol–water partition coefficient (Wildman–Crippen LogP) is 2.24. The monoisotopic (exact) mass is 331 g/mol. The number of nitrogens with one attached hydrogen (secondary N) is 2. The molecule has 0 saturated carbocycles. The third-order valence-corrected chi connectivity index (χ3v) is 3.15. The summed E-state index contributed by atoms with van der Waals surface area (Å²) in [5.41, 5.74) is 0.204. The number of carbonyl (C=O) groups is 2. The quantitative estimate of drug-likeness (QED) is 0.763. The molecule has 0 radical (unpaired) electrons. The van der Waals surface area contributed by atoms with Gasteiger partial charge < -0.3 is 15.4 Å². The van der Waals surface area contributed by atoms with Gasteiger partial charge in [-0.3, -0.25) is 9.59 Å². The molecule has 0 bridgehead atoms. The number of benzene rings is 1. The lowest BCUT2D eigenvalue weighted by Gasteiger charge is -2.07. The van der Waals surface area contributed by atoms with Gasteiger partial charge in [-0.15, -0.1) is 0 Å². The first-order chi connectivity index (χ1) is 11.6. The van der Waals surface area contributed by atoms with Gasteiger partial charge in [0, 0.05) is 20.3 Å². The lowest BCUT2D eigenvalue weighted by atomic mass is 10.2. The number of amides is 2. The van der Waals surface area contributed by atoms with Crippen molar-refractivity contribution in [3.63, 3.8) is 0 Å². The van der Waals surface area contributed by atoms with Crippen LogP contribution < -0.4 is 10.6 Å². The normalized spacial score (nSPS) is 10.2. The van der Waals surface area contributed by atoms with Gasteiger partial charge in [-0.25, -0.2) is 9.37 Å². The molecule has 126 valence electrons. The van der Waals surface area contributed by atoms with Gasteiger partial charge in [0.15, 0.2) is 0 Å². The van der Waals surface area contributed by atoms with E-state index in [0.717, 1.165) is 0 Å². The number of pyridine rings is 1. The van der Waals surface area contributed by atoms with Crippen LogP contribution in [0.5, 0.6) is 0 Å². The first kappa shape index (κ1) is 17.6. The molecule has 0 fully saturated rings. The standard InChI is InChI=1S/C17H18FN3O3/c1-24-11-5-10-19-16(22)14-8-4-9-15(20-14)17(23)21-13-7-3-2-6-12(13)18/h2-4,6-9H,5,10-11H2,1H3,(H,19,22)(H,21,23). The molecule has 7 heteroatoms. The van der Waals surface area contributed by atoms with Crippen LogP contribution in [0.4, 0.5) is 10.1 Å². The van der Waals surface area contributed by atoms with Crippen molar-refractivity contribution in [2.24, 2.45) is 0 Å². The maximum Gasteiger partial charge on any atom is 0.274 e. The Morgan fingerprint density at radius 1 is 1.08 bits per heavy atom. The van der Waals surface area contributed by atoms with Crippen LogP contribution in [0.2, 0.25) is 0 Å². The minimum absolute atomic E-state index is 0.0304. The SMILES string of the molecule is COCCCNC(=O)c1cccc(C(=O)Nc2ccccc2F)n1. The smallest absolute Gasteiger partial charge is 0.274 e. The number of aromatic nitrogens is 1. The Bertz CT molecular complexity index is 722. The first-order valence-electron chi connectivity index (χ1n) is 7.42. The summed E-state index contributed by atoms with van der Waals surface area (Å²) in [6.45, 7) is 0.985. The predicted molar refractivity (Wildman–Crippen MR) is 87.4 cm³/mol. The lowest BCUT2D eigenvalue weighted by Crippen LogP contribution is -2.27. The fraction of sp³-hybridized carbons (Fsp3) is 0.235. The highest BCUT2D eigenvalue weighted by molar-refractivity contribution is 6.03. The van der Waals surface area contributed by atoms with Crippen LogP contribution in [0.1, 0.15) is 27.4 Å². The van der Waals surface area contributed by atoms with Crippen LogP contribution >= 0.6 is 0 Å². The molecule has 0 aliphatic rings. The van der Waals surface area contributed by atoms with E-state index in [9.17, 15) is 14.0 Å². The molecule has 6 nitrogen and oxygen atoms in total. The van der Waals surface area contributed by atoms with Crippen molar-refractivity contribution < 1.29 is 18.7 Å². The molecule has 2 rings (SSSR count). The van der Waals surface area contributed by atoms with Gasteiger partial charge >= 0.3 is 0 Å². The summed E-state index contributed by atoms with van der Waals surface area (Å²) in [4.78, 5) is 28.2. The Morgan fingerprint density at radius 3 is 2.50 bits per heavy atom. The Hall–Kier alpha value is -2.80. The molecule has 0 saturated heterocycles. The van der Waals surface area contributed by atoms with E-state index in [4.69, 9.17) is 4.74 Å². The van der Waals surface area contributed by atoms with Crippen molar-refractivity contribution in [3.8, 4) is 0 Å². The fourth-order valence-corrected chi connectivity index (χ4v) is 1.95. The summed E-state index contributed by atoms with van der Waals surface area (Å²) in [6.07, 6.45) is 0.676. The van der Waals surface area contributed by atoms with Gasteiger partial charge in [0.25, 0.3) is 11.8 Å². The Balaban J connectivity index is 2.02. The van der Waals surface area contributed by atoms with Crippen molar-refractivity contribution >= 4 is 17.5 Å². The summed E-state index contributed by atoms with van der Waals surface area (Å²) < 4.78 is 18.5. The Labute approximate surface area is 139 Å². The summed E-state index contributed by atoms with van der Waals surface area (Å²) in [6, 6.07) is 10.3. The second-order valence-electron chi connectivity index (χ2n) is 4.94. The highest BCUT2D eigenvalue weighted by atomic mass is 19.1. The van der Waals surface area contributed by atoms with Crippen molar-refractivity contribution in [2.45, 2.75) is 6.42 Å². The molecular formula is C17H18FN3O3. The van der Waals surface area contributed by atoms with E-state index in [2.05, 4.69) is 15.6 Å². The average molecular weight is 331 g/mol. The first-order valence-corrected chi connectivity index (χ1v) is 7.42. The highest BCUT2D eigenvalue weighted by Gasteiger charge is 2.13. The fourth-order valence-electron chi connectivity index (χ4n) is 1.95. The number of nitrogens with zero attached hydrogens (tertiary/aromatic N) is 1. The molecule has 0 aliphatic heterocycles. The average Bonchev–Trinajstić information content (AvgIpc) is 2.60. The van der Waals surface area contributed by atoms with Crippen LogP contribution in [0.25, 0.3) is 0 Å². The number of ether oxygens (including phenoxy) is 1. The van der Waals surface area contributed by atoms with Gasteiger partial charge in [0.1, 0.15) is 17.2 Å². The second kappa shape index (κ2) is 8.73. The van der Waals surface area contributed by atoms with E-state index in [1.165, 1.54) is 30.3 Å². The second-order valence-corrected chi connectivity index (χ2v) is 4.94. The molecule has 24 heavy (non-hydrogen) atoms. The van der Waals surface area contributed by atoms with Crippen molar-refractivity contribution in [3.05, 3.63) is 59.7 Å². The minimum atomic E-state index is -0.589. The summed E-state index contributed by atoms with van der Waals surface area (Å²) in [7, 11) is 1.58. The molecule has 0 aliphatic carbocycles. The number of para-hydroxylation sites is 1. The van der Waals surface area contributed by atoms with Crippen molar-refractivity contribution in [1.29, 1.82) is 0 Å². The number of hydrogen-bond donors (Lipinski definition) is 2. The molecule has 2 amide bonds.